The lowest BCUT2D eigenvalue weighted by Crippen LogP contribution is -2.54. The fourth-order valence-corrected chi connectivity index (χ4v) is 18.7. The molecule has 11 aromatic carbocycles. The van der Waals surface area contributed by atoms with Gasteiger partial charge in [-0.1, -0.05) is 183 Å². The van der Waals surface area contributed by atoms with Crippen LogP contribution in [0.15, 0.2) is 218 Å². The summed E-state index contributed by atoms with van der Waals surface area (Å²) in [7, 11) is 0. The van der Waals surface area contributed by atoms with E-state index in [0.29, 0.717) is 0 Å². The van der Waals surface area contributed by atoms with Crippen LogP contribution in [-0.4, -0.2) is 23.6 Å². The monoisotopic (exact) mass is 1040 g/mol. The molecule has 4 atom stereocenters. The van der Waals surface area contributed by atoms with Gasteiger partial charge in [-0.25, -0.2) is 0 Å². The highest BCUT2D eigenvalue weighted by Gasteiger charge is 2.61. The van der Waals surface area contributed by atoms with E-state index in [1.807, 2.05) is 0 Å². The van der Waals surface area contributed by atoms with E-state index in [0.717, 1.165) is 0 Å². The van der Waals surface area contributed by atoms with Crippen LogP contribution < -0.4 is 9.80 Å². The fourth-order valence-electron chi connectivity index (χ4n) is 16.0. The summed E-state index contributed by atoms with van der Waals surface area (Å²) in [4.78, 5) is 5.40. The second kappa shape index (κ2) is 18.2. The molecule has 15 rings (SSSR count). The highest BCUT2D eigenvalue weighted by molar-refractivity contribution is 7.99. The predicted molar refractivity (Wildman–Crippen MR) is 340 cm³/mol. The Morgan fingerprint density at radius 1 is 0.333 bits per heavy atom. The smallest absolute Gasteiger partial charge is 0.0658 e. The lowest BCUT2D eigenvalue weighted by molar-refractivity contribution is 0.262. The van der Waals surface area contributed by atoms with Crippen molar-refractivity contribution in [3.05, 3.63) is 230 Å². The van der Waals surface area contributed by atoms with E-state index in [1.165, 1.54) is 173 Å². The van der Waals surface area contributed by atoms with Gasteiger partial charge in [0, 0.05) is 22.7 Å². The zero-order chi connectivity index (χ0) is 52.4. The van der Waals surface area contributed by atoms with Gasteiger partial charge in [0.15, 0.2) is 0 Å². The van der Waals surface area contributed by atoms with Crippen molar-refractivity contribution >= 4 is 89.4 Å². The number of nitrogens with zero attached hydrogens (tertiary/aromatic N) is 2. The Morgan fingerprint density at radius 3 is 1.14 bits per heavy atom. The van der Waals surface area contributed by atoms with Crippen LogP contribution in [0.5, 0.6) is 0 Å². The standard InChI is InChI=1S/C74H64N2S2/c1-71-41-15-17-43-73(71,77-3)65-47-53(35-39-67(65)75(71)55-25-7-5-8-26-55)51-33-37-61-63(45-51)69(59-31-19-23-49-21-11-13-29-57(49)59)62-38-34-52(46-64(62)70(61)60-32-20-24-50-22-12-14-30-58(50)60)54-36-40-68-66(48-54)74(78-4)44-18-16-42-72(74,2)76(68)56-27-9-6-10-28-56/h5-14,19-40,45-48H,15-18,41-44H2,1-4H3. The van der Waals surface area contributed by atoms with Crippen LogP contribution in [0, 0.1) is 0 Å². The van der Waals surface area contributed by atoms with E-state index >= 15 is 0 Å². The highest BCUT2D eigenvalue weighted by Crippen LogP contribution is 2.67. The molecule has 2 saturated carbocycles. The first-order valence-electron chi connectivity index (χ1n) is 28.4. The van der Waals surface area contributed by atoms with Gasteiger partial charge in [0.05, 0.1) is 20.6 Å². The van der Waals surface area contributed by atoms with Gasteiger partial charge in [0.2, 0.25) is 0 Å². The molecule has 0 spiro atoms. The zero-order valence-electron chi connectivity index (χ0n) is 45.2. The first-order valence-corrected chi connectivity index (χ1v) is 30.8. The molecule has 2 aliphatic carbocycles. The number of thioether (sulfide) groups is 2. The number of benzene rings is 11. The van der Waals surface area contributed by atoms with E-state index < -0.39 is 0 Å². The lowest BCUT2D eigenvalue weighted by atomic mass is 9.71. The number of rotatable bonds is 8. The molecule has 0 saturated heterocycles. The van der Waals surface area contributed by atoms with E-state index in [4.69, 9.17) is 0 Å². The average molecular weight is 1050 g/mol. The summed E-state index contributed by atoms with van der Waals surface area (Å²) in [6.45, 7) is 5.09. The summed E-state index contributed by atoms with van der Waals surface area (Å²) in [5.74, 6) is 0. The predicted octanol–water partition coefficient (Wildman–Crippen LogP) is 21.1. The third kappa shape index (κ3) is 6.72. The van der Waals surface area contributed by atoms with Crippen LogP contribution >= 0.6 is 23.5 Å². The van der Waals surface area contributed by atoms with Crippen LogP contribution in [-0.2, 0) is 9.49 Å². The van der Waals surface area contributed by atoms with Crippen molar-refractivity contribution in [1.29, 1.82) is 0 Å². The molecule has 4 heteroatoms. The minimum absolute atomic E-state index is 0.0288. The first kappa shape index (κ1) is 47.9. The van der Waals surface area contributed by atoms with Crippen molar-refractivity contribution in [1.82, 2.24) is 0 Å². The molecule has 4 unspecified atom stereocenters. The van der Waals surface area contributed by atoms with Gasteiger partial charge in [-0.15, -0.1) is 0 Å². The van der Waals surface area contributed by atoms with Crippen molar-refractivity contribution < 1.29 is 0 Å². The molecular weight excluding hydrogens is 981 g/mol. The van der Waals surface area contributed by atoms with Crippen molar-refractivity contribution in [2.24, 2.45) is 0 Å². The molecule has 0 amide bonds. The van der Waals surface area contributed by atoms with Crippen molar-refractivity contribution in [2.45, 2.75) is 85.8 Å². The number of hydrogen-bond donors (Lipinski definition) is 0. The Bertz CT molecular complexity index is 3920. The average Bonchev–Trinajstić information content (AvgIpc) is 4.10. The number of hydrogen-bond acceptors (Lipinski definition) is 4. The minimum atomic E-state index is -0.0435. The Kier molecular flexibility index (Phi) is 11.2. The van der Waals surface area contributed by atoms with Gasteiger partial charge >= 0.3 is 0 Å². The van der Waals surface area contributed by atoms with Crippen LogP contribution in [0.4, 0.5) is 22.7 Å². The maximum Gasteiger partial charge on any atom is 0.0658 e. The van der Waals surface area contributed by atoms with E-state index in [-0.39, 0.29) is 20.6 Å². The Labute approximate surface area is 468 Å². The summed E-state index contributed by atoms with van der Waals surface area (Å²) in [5.41, 5.74) is 18.3. The van der Waals surface area contributed by atoms with Gasteiger partial charge in [0.1, 0.15) is 0 Å². The van der Waals surface area contributed by atoms with Gasteiger partial charge in [-0.2, -0.15) is 23.5 Å². The summed E-state index contributed by atoms with van der Waals surface area (Å²) in [6.07, 6.45) is 14.4. The van der Waals surface area contributed by atoms with Crippen LogP contribution in [0.3, 0.4) is 0 Å². The largest absolute Gasteiger partial charge is 0.334 e. The third-order valence-electron chi connectivity index (χ3n) is 19.6. The minimum Gasteiger partial charge on any atom is -0.334 e. The van der Waals surface area contributed by atoms with Gasteiger partial charge in [-0.05, 0) is 211 Å². The number of fused-ring (bicyclic) bond motifs is 10. The maximum absolute atomic E-state index is 2.70. The molecule has 0 bridgehead atoms. The zero-order valence-corrected chi connectivity index (χ0v) is 46.8. The second-order valence-electron chi connectivity index (χ2n) is 23.2. The summed E-state index contributed by atoms with van der Waals surface area (Å²) in [6, 6.07) is 83.9. The number of para-hydroxylation sites is 2. The van der Waals surface area contributed by atoms with Crippen LogP contribution in [0.2, 0.25) is 0 Å². The van der Waals surface area contributed by atoms with Crippen molar-refractivity contribution in [3.8, 4) is 44.5 Å². The molecule has 2 fully saturated rings. The van der Waals surface area contributed by atoms with Gasteiger partial charge in [0.25, 0.3) is 0 Å². The third-order valence-corrected chi connectivity index (χ3v) is 22.7. The molecule has 78 heavy (non-hydrogen) atoms. The molecule has 0 N–H and O–H groups in total. The normalized spacial score (nSPS) is 22.5. The summed E-state index contributed by atoms with van der Waals surface area (Å²) in [5, 5.41) is 10.1. The molecule has 0 aromatic heterocycles. The SMILES string of the molecule is CSC12CCCCC1(C)N(c1ccccc1)c1ccc(-c3ccc4c(-c5cccc6ccccc56)c5cc(-c6ccc7c(c6)C6(SC)CCCCC6(C)N7c6ccccc6)ccc5c(-c5cccc6ccccc56)c4c3)cc12. The molecule has 2 nitrogen and oxygen atoms in total. The van der Waals surface area contributed by atoms with Crippen molar-refractivity contribution in [3.63, 3.8) is 0 Å². The topological polar surface area (TPSA) is 6.48 Å². The van der Waals surface area contributed by atoms with E-state index in [2.05, 4.69) is 278 Å². The Hall–Kier alpha value is -7.24. The maximum atomic E-state index is 2.70. The second-order valence-corrected chi connectivity index (χ2v) is 25.4. The van der Waals surface area contributed by atoms with Crippen molar-refractivity contribution in [2.75, 3.05) is 22.3 Å². The first-order chi connectivity index (χ1) is 38.3. The molecule has 2 heterocycles. The molecule has 4 aliphatic rings. The lowest BCUT2D eigenvalue weighted by Gasteiger charge is -2.51. The molecular formula is C74H64N2S2. The van der Waals surface area contributed by atoms with Crippen LogP contribution in [0.1, 0.15) is 76.3 Å². The molecule has 382 valence electrons. The molecule has 0 radical (unpaired) electrons. The Balaban J connectivity index is 0.993. The van der Waals surface area contributed by atoms with Gasteiger partial charge in [-0.3, -0.25) is 0 Å². The molecule has 2 aliphatic heterocycles. The molecule has 11 aromatic rings. The van der Waals surface area contributed by atoms with Crippen LogP contribution in [0.25, 0.3) is 87.6 Å². The number of anilines is 4. The highest BCUT2D eigenvalue weighted by atomic mass is 32.2. The van der Waals surface area contributed by atoms with E-state index in [9.17, 15) is 0 Å². The van der Waals surface area contributed by atoms with E-state index in [1.54, 1.807) is 0 Å². The fraction of sp³-hybridized carbons (Fsp3) is 0.216. The Morgan fingerprint density at radius 2 is 0.705 bits per heavy atom. The van der Waals surface area contributed by atoms with Gasteiger partial charge < -0.3 is 9.80 Å². The quantitative estimate of drug-likeness (QED) is 0.140. The summed E-state index contributed by atoms with van der Waals surface area (Å²) >= 11 is 4.16. The summed E-state index contributed by atoms with van der Waals surface area (Å²) < 4.78 is -0.0576.